The van der Waals surface area contributed by atoms with Crippen molar-refractivity contribution in [3.63, 3.8) is 0 Å². The van der Waals surface area contributed by atoms with Crippen molar-refractivity contribution in [3.8, 4) is 11.8 Å². The molecule has 30 heavy (non-hydrogen) atoms. The highest BCUT2D eigenvalue weighted by molar-refractivity contribution is 6.32. The fourth-order valence-electron chi connectivity index (χ4n) is 2.84. The van der Waals surface area contributed by atoms with Gasteiger partial charge in [0.1, 0.15) is 17.4 Å². The molecule has 0 bridgehead atoms. The number of rotatable bonds is 8. The van der Waals surface area contributed by atoms with Crippen LogP contribution in [-0.2, 0) is 4.79 Å². The minimum atomic E-state index is -0.529. The second-order valence-electron chi connectivity index (χ2n) is 6.29. The smallest absolute Gasteiger partial charge is 0.267 e. The average molecular weight is 448 g/mol. The molecule has 0 aromatic heterocycles. The van der Waals surface area contributed by atoms with Crippen molar-refractivity contribution in [2.75, 3.05) is 35.7 Å². The van der Waals surface area contributed by atoms with E-state index < -0.39 is 5.91 Å². The van der Waals surface area contributed by atoms with Crippen molar-refractivity contribution in [3.05, 3.63) is 58.8 Å². The monoisotopic (exact) mass is 447 g/mol. The van der Waals surface area contributed by atoms with E-state index >= 15 is 0 Å². The summed E-state index contributed by atoms with van der Waals surface area (Å²) in [6, 6.07) is 12.8. The Morgan fingerprint density at radius 2 is 1.93 bits per heavy atom. The van der Waals surface area contributed by atoms with Gasteiger partial charge in [-0.25, -0.2) is 0 Å². The highest BCUT2D eigenvalue weighted by atomic mass is 35.5. The van der Waals surface area contributed by atoms with Crippen LogP contribution in [0.2, 0.25) is 5.02 Å². The summed E-state index contributed by atoms with van der Waals surface area (Å²) in [5.41, 5.74) is 3.40. The standard InChI is InChI=1S/C22H25ClN4O2.ClH/c1-5-27(6-2)18-8-9-20(15(3)11-18)25-14-16(13-24)22(28)26-17-7-10-21(29-4)19(23)12-17;/h7-12,14,25H,5-6H2,1-4H3,(H,26,28);1H/p-1/b16-14-;. The Bertz CT molecular complexity index is 951. The molecule has 1 amide bonds. The summed E-state index contributed by atoms with van der Waals surface area (Å²) in [4.78, 5) is 14.7. The van der Waals surface area contributed by atoms with Gasteiger partial charge < -0.3 is 32.7 Å². The SMILES string of the molecule is CCN(CC)c1ccc(N/C=C(/C#N)C(=O)Nc2ccc(OC)c(Cl)c2)c(C)c1.[Cl-]. The number of halogens is 2. The molecule has 0 aliphatic carbocycles. The van der Waals surface area contributed by atoms with Crippen LogP contribution in [0.25, 0.3) is 0 Å². The van der Waals surface area contributed by atoms with E-state index in [1.807, 2.05) is 25.1 Å². The molecule has 0 unspecified atom stereocenters. The van der Waals surface area contributed by atoms with Gasteiger partial charge in [-0.2, -0.15) is 5.26 Å². The number of nitrogens with zero attached hydrogens (tertiary/aromatic N) is 2. The van der Waals surface area contributed by atoms with Gasteiger partial charge in [0.15, 0.2) is 0 Å². The third kappa shape index (κ3) is 6.31. The highest BCUT2D eigenvalue weighted by Gasteiger charge is 2.11. The van der Waals surface area contributed by atoms with Gasteiger partial charge in [-0.1, -0.05) is 11.6 Å². The first-order valence-electron chi connectivity index (χ1n) is 9.30. The maximum atomic E-state index is 12.4. The Hall–Kier alpha value is -2.88. The van der Waals surface area contributed by atoms with Gasteiger partial charge in [-0.15, -0.1) is 0 Å². The zero-order chi connectivity index (χ0) is 21.4. The van der Waals surface area contributed by atoms with Crippen LogP contribution in [0.3, 0.4) is 0 Å². The average Bonchev–Trinajstić information content (AvgIpc) is 2.71. The molecule has 0 aliphatic rings. The molecular formula is C22H25Cl2N4O2-. The third-order valence-corrected chi connectivity index (χ3v) is 4.78. The van der Waals surface area contributed by atoms with Gasteiger partial charge in [-0.3, -0.25) is 4.79 Å². The zero-order valence-corrected chi connectivity index (χ0v) is 18.9. The van der Waals surface area contributed by atoms with E-state index in [-0.39, 0.29) is 18.0 Å². The number of hydrogen-bond acceptors (Lipinski definition) is 5. The summed E-state index contributed by atoms with van der Waals surface area (Å²) in [6.45, 7) is 8.06. The van der Waals surface area contributed by atoms with Crippen LogP contribution in [-0.4, -0.2) is 26.1 Å². The zero-order valence-electron chi connectivity index (χ0n) is 17.4. The Morgan fingerprint density at radius 1 is 1.23 bits per heavy atom. The van der Waals surface area contributed by atoms with E-state index in [0.717, 1.165) is 30.0 Å². The minimum absolute atomic E-state index is 0. The molecule has 0 spiro atoms. The van der Waals surface area contributed by atoms with Crippen molar-refractivity contribution in [2.24, 2.45) is 0 Å². The maximum Gasteiger partial charge on any atom is 0.267 e. The van der Waals surface area contributed by atoms with E-state index in [9.17, 15) is 10.1 Å². The van der Waals surface area contributed by atoms with Gasteiger partial charge in [0.05, 0.1) is 12.1 Å². The van der Waals surface area contributed by atoms with Crippen molar-refractivity contribution >= 4 is 34.6 Å². The molecule has 6 nitrogen and oxygen atoms in total. The number of amides is 1. The van der Waals surface area contributed by atoms with Crippen molar-refractivity contribution in [2.45, 2.75) is 20.8 Å². The molecule has 0 heterocycles. The lowest BCUT2D eigenvalue weighted by molar-refractivity contribution is -0.112. The molecule has 0 atom stereocenters. The topological polar surface area (TPSA) is 77.4 Å². The van der Waals surface area contributed by atoms with Gasteiger partial charge in [0, 0.05) is 36.4 Å². The molecule has 2 aromatic rings. The number of carbonyl (C=O) groups is 1. The van der Waals surface area contributed by atoms with Gasteiger partial charge in [0.25, 0.3) is 5.91 Å². The predicted molar refractivity (Wildman–Crippen MR) is 119 cm³/mol. The number of nitriles is 1. The lowest BCUT2D eigenvalue weighted by Crippen LogP contribution is -3.00. The molecule has 8 heteroatoms. The lowest BCUT2D eigenvalue weighted by Gasteiger charge is -2.22. The van der Waals surface area contributed by atoms with Crippen LogP contribution in [0, 0.1) is 18.3 Å². The van der Waals surface area contributed by atoms with Crippen molar-refractivity contribution in [1.82, 2.24) is 0 Å². The van der Waals surface area contributed by atoms with E-state index in [4.69, 9.17) is 16.3 Å². The van der Waals surface area contributed by atoms with E-state index in [1.54, 1.807) is 18.2 Å². The van der Waals surface area contributed by atoms with Gasteiger partial charge in [0.2, 0.25) is 0 Å². The first kappa shape index (κ1) is 25.2. The first-order valence-corrected chi connectivity index (χ1v) is 9.68. The number of benzene rings is 2. The summed E-state index contributed by atoms with van der Waals surface area (Å²) in [6.07, 6.45) is 1.40. The lowest BCUT2D eigenvalue weighted by atomic mass is 10.1. The molecule has 0 aliphatic heterocycles. The fraction of sp³-hybridized carbons (Fsp3) is 0.273. The summed E-state index contributed by atoms with van der Waals surface area (Å²) in [7, 11) is 1.51. The molecule has 2 N–H and O–H groups in total. The third-order valence-electron chi connectivity index (χ3n) is 4.49. The predicted octanol–water partition coefficient (Wildman–Crippen LogP) is 1.97. The Morgan fingerprint density at radius 3 is 2.47 bits per heavy atom. The molecular weight excluding hydrogens is 423 g/mol. The molecule has 2 rings (SSSR count). The number of methoxy groups -OCH3 is 1. The summed E-state index contributed by atoms with van der Waals surface area (Å²) in [5.74, 6) is -0.0235. The molecule has 2 aromatic carbocycles. The minimum Gasteiger partial charge on any atom is -1.00 e. The Labute approximate surface area is 188 Å². The van der Waals surface area contributed by atoms with Crippen LogP contribution in [0.1, 0.15) is 19.4 Å². The number of anilines is 3. The number of hydrogen-bond donors (Lipinski definition) is 2. The number of ether oxygens (including phenoxy) is 1. The second kappa shape index (κ2) is 12.0. The van der Waals surface area contributed by atoms with Crippen LogP contribution in [0.15, 0.2) is 48.2 Å². The number of carbonyl (C=O) groups excluding carboxylic acids is 1. The van der Waals surface area contributed by atoms with Gasteiger partial charge in [-0.05, 0) is 62.7 Å². The van der Waals surface area contributed by atoms with Crippen molar-refractivity contribution < 1.29 is 21.9 Å². The molecule has 0 saturated heterocycles. The van der Waals surface area contributed by atoms with Crippen LogP contribution < -0.4 is 32.7 Å². The van der Waals surface area contributed by atoms with Crippen LogP contribution in [0.4, 0.5) is 17.1 Å². The first-order chi connectivity index (χ1) is 13.9. The molecule has 0 radical (unpaired) electrons. The number of aryl methyl sites for hydroxylation is 1. The summed E-state index contributed by atoms with van der Waals surface area (Å²) < 4.78 is 5.09. The maximum absolute atomic E-state index is 12.4. The second-order valence-corrected chi connectivity index (χ2v) is 6.70. The van der Waals surface area contributed by atoms with E-state index in [0.29, 0.717) is 16.5 Å². The summed E-state index contributed by atoms with van der Waals surface area (Å²) >= 11 is 6.07. The van der Waals surface area contributed by atoms with Gasteiger partial charge >= 0.3 is 0 Å². The van der Waals surface area contributed by atoms with E-state index in [2.05, 4.69) is 35.4 Å². The van der Waals surface area contributed by atoms with E-state index in [1.165, 1.54) is 13.3 Å². The number of nitrogens with one attached hydrogen (secondary N) is 2. The molecule has 0 fully saturated rings. The fourth-order valence-corrected chi connectivity index (χ4v) is 3.09. The largest absolute Gasteiger partial charge is 1.00 e. The summed E-state index contributed by atoms with van der Waals surface area (Å²) in [5, 5.41) is 15.4. The van der Waals surface area contributed by atoms with Crippen LogP contribution in [0.5, 0.6) is 5.75 Å². The van der Waals surface area contributed by atoms with Crippen molar-refractivity contribution in [1.29, 1.82) is 5.26 Å². The van der Waals surface area contributed by atoms with Crippen LogP contribution >= 0.6 is 11.6 Å². The Kier molecular flexibility index (Phi) is 10.0. The quantitative estimate of drug-likeness (QED) is 0.477. The molecule has 0 saturated carbocycles. The highest BCUT2D eigenvalue weighted by Crippen LogP contribution is 2.27. The molecule has 160 valence electrons. The Balaban J connectivity index is 0.00000450. The normalized spacial score (nSPS) is 10.5.